The summed E-state index contributed by atoms with van der Waals surface area (Å²) >= 11 is 0. The Labute approximate surface area is 171 Å². The van der Waals surface area contributed by atoms with Crippen LogP contribution in [-0.4, -0.2) is 45.5 Å². The summed E-state index contributed by atoms with van der Waals surface area (Å²) in [5.74, 6) is 0.0350. The maximum Gasteiger partial charge on any atom is 0.573 e. The highest BCUT2D eigenvalue weighted by molar-refractivity contribution is 5.76. The van der Waals surface area contributed by atoms with E-state index in [0.717, 1.165) is 12.8 Å². The van der Waals surface area contributed by atoms with E-state index in [9.17, 15) is 18.0 Å². The van der Waals surface area contributed by atoms with E-state index in [1.807, 2.05) is 0 Å². The number of carbonyl (C=O) groups is 1. The average molecular weight is 422 g/mol. The van der Waals surface area contributed by atoms with Gasteiger partial charge < -0.3 is 18.7 Å². The number of hydrogen-bond acceptors (Lipinski definition) is 5. The molecule has 0 unspecified atom stereocenters. The van der Waals surface area contributed by atoms with E-state index in [4.69, 9.17) is 4.52 Å². The molecule has 2 aromatic heterocycles. The third-order valence-electron chi connectivity index (χ3n) is 4.40. The van der Waals surface area contributed by atoms with E-state index in [1.54, 1.807) is 34.8 Å². The fraction of sp³-hybridized carbons (Fsp3) is 0.350. The van der Waals surface area contributed by atoms with Crippen LogP contribution in [0.15, 0.2) is 47.1 Å². The van der Waals surface area contributed by atoms with Crippen molar-refractivity contribution in [3.63, 3.8) is 0 Å². The number of amides is 1. The lowest BCUT2D eigenvalue weighted by Crippen LogP contribution is -2.31. The van der Waals surface area contributed by atoms with Crippen molar-refractivity contribution in [2.45, 2.75) is 32.7 Å². The first-order valence-corrected chi connectivity index (χ1v) is 9.36. The zero-order chi connectivity index (χ0) is 21.7. The Morgan fingerprint density at radius 3 is 2.63 bits per heavy atom. The summed E-state index contributed by atoms with van der Waals surface area (Å²) in [5.41, 5.74) is 1.04. The highest BCUT2D eigenvalue weighted by atomic mass is 19.4. The Morgan fingerprint density at radius 1 is 1.23 bits per heavy atom. The van der Waals surface area contributed by atoms with Gasteiger partial charge >= 0.3 is 6.36 Å². The van der Waals surface area contributed by atoms with Gasteiger partial charge in [0, 0.05) is 25.4 Å². The Hall–Kier alpha value is -3.30. The van der Waals surface area contributed by atoms with Crippen molar-refractivity contribution in [2.75, 3.05) is 13.6 Å². The number of benzene rings is 1. The van der Waals surface area contributed by atoms with Gasteiger partial charge in [0.2, 0.25) is 11.7 Å². The third-order valence-corrected chi connectivity index (χ3v) is 4.40. The molecular formula is C20H21F3N4O3. The fourth-order valence-corrected chi connectivity index (χ4v) is 2.78. The molecule has 0 spiro atoms. The molecule has 30 heavy (non-hydrogen) atoms. The normalized spacial score (nSPS) is 11.5. The van der Waals surface area contributed by atoms with E-state index in [-0.39, 0.29) is 29.9 Å². The molecule has 0 fully saturated rings. The summed E-state index contributed by atoms with van der Waals surface area (Å²) in [6.07, 6.45) is -1.08. The molecule has 1 aromatic carbocycles. The second-order valence-corrected chi connectivity index (χ2v) is 6.69. The summed E-state index contributed by atoms with van der Waals surface area (Å²) in [7, 11) is 1.76. The molecule has 0 aliphatic heterocycles. The molecule has 1 amide bonds. The van der Waals surface area contributed by atoms with Crippen LogP contribution in [0, 0.1) is 0 Å². The number of carbonyl (C=O) groups excluding carboxylic acids is 1. The van der Waals surface area contributed by atoms with E-state index in [2.05, 4.69) is 21.8 Å². The van der Waals surface area contributed by atoms with Crippen LogP contribution >= 0.6 is 0 Å². The fourth-order valence-electron chi connectivity index (χ4n) is 2.78. The first-order valence-electron chi connectivity index (χ1n) is 9.36. The number of unbranched alkanes of at least 4 members (excludes halogenated alkanes) is 1. The number of nitrogens with zero attached hydrogens (tertiary/aromatic N) is 4. The molecule has 2 heterocycles. The maximum atomic E-state index is 12.4. The summed E-state index contributed by atoms with van der Waals surface area (Å²) in [6, 6.07) is 8.67. The van der Waals surface area contributed by atoms with Gasteiger partial charge in [-0.2, -0.15) is 4.98 Å². The van der Waals surface area contributed by atoms with Gasteiger partial charge in [-0.15, -0.1) is 13.2 Å². The second kappa shape index (κ2) is 9.02. The lowest BCUT2D eigenvalue weighted by atomic mass is 10.2. The quantitative estimate of drug-likeness (QED) is 0.539. The van der Waals surface area contributed by atoms with Crippen LogP contribution in [0.5, 0.6) is 5.75 Å². The van der Waals surface area contributed by atoms with Gasteiger partial charge in [-0.05, 0) is 42.8 Å². The molecule has 0 bridgehead atoms. The van der Waals surface area contributed by atoms with E-state index in [1.165, 1.54) is 24.3 Å². The van der Waals surface area contributed by atoms with Crippen molar-refractivity contribution >= 4 is 5.91 Å². The minimum absolute atomic E-state index is 0.0408. The molecule has 0 aliphatic carbocycles. The highest BCUT2D eigenvalue weighted by Gasteiger charge is 2.31. The van der Waals surface area contributed by atoms with Gasteiger partial charge in [-0.25, -0.2) is 0 Å². The average Bonchev–Trinajstić information content (AvgIpc) is 3.34. The van der Waals surface area contributed by atoms with Gasteiger partial charge in [0.05, 0.1) is 0 Å². The second-order valence-electron chi connectivity index (χ2n) is 6.69. The van der Waals surface area contributed by atoms with Crippen LogP contribution in [0.1, 0.15) is 19.8 Å². The first kappa shape index (κ1) is 21.4. The molecule has 3 aromatic rings. The smallest absolute Gasteiger partial charge is 0.406 e. The number of alkyl halides is 3. The first-order chi connectivity index (χ1) is 14.3. The molecule has 0 aliphatic rings. The summed E-state index contributed by atoms with van der Waals surface area (Å²) < 4.78 is 47.7. The minimum Gasteiger partial charge on any atom is -0.406 e. The van der Waals surface area contributed by atoms with E-state index in [0.29, 0.717) is 17.8 Å². The largest absolute Gasteiger partial charge is 0.573 e. The van der Waals surface area contributed by atoms with Gasteiger partial charge in [0.1, 0.15) is 18.0 Å². The van der Waals surface area contributed by atoms with Crippen LogP contribution in [0.4, 0.5) is 13.2 Å². The van der Waals surface area contributed by atoms with Crippen molar-refractivity contribution in [3.8, 4) is 28.7 Å². The van der Waals surface area contributed by atoms with E-state index >= 15 is 0 Å². The Morgan fingerprint density at radius 2 is 1.97 bits per heavy atom. The zero-order valence-electron chi connectivity index (χ0n) is 16.5. The van der Waals surface area contributed by atoms with Crippen molar-refractivity contribution in [3.05, 3.63) is 42.6 Å². The van der Waals surface area contributed by atoms with Crippen LogP contribution in [0.3, 0.4) is 0 Å². The summed E-state index contributed by atoms with van der Waals surface area (Å²) in [5, 5.41) is 3.88. The van der Waals surface area contributed by atoms with Gasteiger partial charge in [-0.1, -0.05) is 18.5 Å². The number of halogens is 3. The molecule has 0 saturated heterocycles. The topological polar surface area (TPSA) is 73.4 Å². The summed E-state index contributed by atoms with van der Waals surface area (Å²) in [6.45, 7) is 2.88. The maximum absolute atomic E-state index is 12.4. The standard InChI is InChI=1S/C20H21F3N4O3/c1-3-4-11-26(2)17(28)13-27-12-5-6-16(27)19-24-18(25-30-19)14-7-9-15(10-8-14)29-20(21,22)23/h5-10,12H,3-4,11,13H2,1-2H3. The predicted octanol–water partition coefficient (Wildman–Crippen LogP) is 4.36. The number of ether oxygens (including phenoxy) is 1. The van der Waals surface area contributed by atoms with Gasteiger partial charge in [0.15, 0.2) is 0 Å². The zero-order valence-corrected chi connectivity index (χ0v) is 16.5. The third kappa shape index (κ3) is 5.40. The van der Waals surface area contributed by atoms with Gasteiger partial charge in [-0.3, -0.25) is 4.79 Å². The lowest BCUT2D eigenvalue weighted by Gasteiger charge is -2.17. The number of likely N-dealkylation sites (N-methyl/N-ethyl adjacent to an activating group) is 1. The minimum atomic E-state index is -4.76. The van der Waals surface area contributed by atoms with Crippen molar-refractivity contribution in [1.29, 1.82) is 0 Å². The highest BCUT2D eigenvalue weighted by Crippen LogP contribution is 2.27. The molecule has 0 atom stereocenters. The van der Waals surface area contributed by atoms with Crippen molar-refractivity contribution < 1.29 is 27.2 Å². The Bertz CT molecular complexity index is 980. The van der Waals surface area contributed by atoms with Crippen molar-refractivity contribution in [2.24, 2.45) is 0 Å². The van der Waals surface area contributed by atoms with Gasteiger partial charge in [0.25, 0.3) is 5.89 Å². The van der Waals surface area contributed by atoms with Crippen LogP contribution in [0.25, 0.3) is 23.0 Å². The van der Waals surface area contributed by atoms with Crippen LogP contribution < -0.4 is 4.74 Å². The summed E-state index contributed by atoms with van der Waals surface area (Å²) in [4.78, 5) is 18.4. The van der Waals surface area contributed by atoms with Crippen LogP contribution in [-0.2, 0) is 11.3 Å². The van der Waals surface area contributed by atoms with Crippen molar-refractivity contribution in [1.82, 2.24) is 19.6 Å². The number of rotatable bonds is 8. The Balaban J connectivity index is 1.73. The lowest BCUT2D eigenvalue weighted by molar-refractivity contribution is -0.274. The predicted molar refractivity (Wildman–Crippen MR) is 102 cm³/mol. The SMILES string of the molecule is CCCCN(C)C(=O)Cn1cccc1-c1nc(-c2ccc(OC(F)(F)F)cc2)no1. The molecule has 160 valence electrons. The molecule has 7 nitrogen and oxygen atoms in total. The molecule has 3 rings (SSSR count). The van der Waals surface area contributed by atoms with Crippen LogP contribution in [0.2, 0.25) is 0 Å². The molecular weight excluding hydrogens is 401 g/mol. The molecule has 0 N–H and O–H groups in total. The molecule has 10 heteroatoms. The monoisotopic (exact) mass is 422 g/mol. The molecule has 0 radical (unpaired) electrons. The Kier molecular flexibility index (Phi) is 6.43. The number of aromatic nitrogens is 3. The molecule has 0 saturated carbocycles. The number of hydrogen-bond donors (Lipinski definition) is 0. The van der Waals surface area contributed by atoms with E-state index < -0.39 is 6.36 Å².